The van der Waals surface area contributed by atoms with Crippen molar-refractivity contribution in [1.82, 2.24) is 4.98 Å². The summed E-state index contributed by atoms with van der Waals surface area (Å²) in [6, 6.07) is 2.11. The Morgan fingerprint density at radius 2 is 1.94 bits per heavy atom. The van der Waals surface area contributed by atoms with Gasteiger partial charge >= 0.3 is 0 Å². The van der Waals surface area contributed by atoms with Crippen LogP contribution < -0.4 is 15.0 Å². The average Bonchev–Trinajstić information content (AvgIpc) is 2.37. The number of nitrogens with one attached hydrogen (secondary N) is 1. The normalized spacial score (nSPS) is 13.9. The summed E-state index contributed by atoms with van der Waals surface area (Å²) in [5.41, 5.74) is 1.93. The van der Waals surface area contributed by atoms with Crippen molar-refractivity contribution in [2.24, 2.45) is 0 Å². The minimum atomic E-state index is 0.102. The van der Waals surface area contributed by atoms with E-state index in [4.69, 9.17) is 9.47 Å². The molecule has 0 saturated heterocycles. The van der Waals surface area contributed by atoms with Crippen molar-refractivity contribution in [3.05, 3.63) is 12.3 Å². The number of hydrogen-bond acceptors (Lipinski definition) is 5. The number of rotatable bonds is 6. The number of nitrogens with zero attached hydrogens (tertiary/aromatic N) is 2. The molecule has 5 nitrogen and oxygen atoms in total. The fourth-order valence-corrected chi connectivity index (χ4v) is 1.65. The van der Waals surface area contributed by atoms with Crippen LogP contribution >= 0.6 is 0 Å². The molecule has 5 heteroatoms. The molecule has 1 heterocycles. The molecule has 18 heavy (non-hydrogen) atoms. The molecule has 0 fully saturated rings. The first kappa shape index (κ1) is 14.6. The zero-order chi connectivity index (χ0) is 13.7. The Bertz CT molecular complexity index is 382. The fourth-order valence-electron chi connectivity index (χ4n) is 1.65. The standard InChI is InChI=1S/C13H23N3O2/c1-9(10(2)17-5)15-12-11(16(3)4)7-8-14-13(12)18-6/h7-10,15H,1-6H3. The summed E-state index contributed by atoms with van der Waals surface area (Å²) in [4.78, 5) is 6.25. The summed E-state index contributed by atoms with van der Waals surface area (Å²) >= 11 is 0. The summed E-state index contributed by atoms with van der Waals surface area (Å²) in [7, 11) is 7.31. The lowest BCUT2D eigenvalue weighted by Gasteiger charge is -2.25. The Kier molecular flexibility index (Phi) is 5.22. The average molecular weight is 253 g/mol. The van der Waals surface area contributed by atoms with Crippen LogP contribution in [0.5, 0.6) is 5.88 Å². The predicted molar refractivity (Wildman–Crippen MR) is 74.7 cm³/mol. The lowest BCUT2D eigenvalue weighted by molar-refractivity contribution is 0.106. The number of methoxy groups -OCH3 is 2. The Hall–Kier alpha value is -1.49. The Balaban J connectivity index is 3.04. The lowest BCUT2D eigenvalue weighted by atomic mass is 10.2. The second kappa shape index (κ2) is 6.44. The largest absolute Gasteiger partial charge is 0.479 e. The van der Waals surface area contributed by atoms with Gasteiger partial charge in [-0.15, -0.1) is 0 Å². The van der Waals surface area contributed by atoms with E-state index in [9.17, 15) is 0 Å². The second-order valence-corrected chi connectivity index (χ2v) is 4.48. The van der Waals surface area contributed by atoms with Crippen molar-refractivity contribution in [2.75, 3.05) is 38.5 Å². The topological polar surface area (TPSA) is 46.6 Å². The zero-order valence-corrected chi connectivity index (χ0v) is 12.0. The molecule has 1 N–H and O–H groups in total. The van der Waals surface area contributed by atoms with Crippen molar-refractivity contribution in [1.29, 1.82) is 0 Å². The smallest absolute Gasteiger partial charge is 0.239 e. The van der Waals surface area contributed by atoms with Crippen LogP contribution in [0, 0.1) is 0 Å². The molecule has 0 amide bonds. The lowest BCUT2D eigenvalue weighted by Crippen LogP contribution is -2.30. The van der Waals surface area contributed by atoms with E-state index in [1.54, 1.807) is 20.4 Å². The molecule has 1 aromatic heterocycles. The molecule has 2 atom stereocenters. The zero-order valence-electron chi connectivity index (χ0n) is 12.0. The predicted octanol–water partition coefficient (Wildman–Crippen LogP) is 1.99. The van der Waals surface area contributed by atoms with E-state index in [2.05, 4.69) is 17.2 Å². The number of hydrogen-bond donors (Lipinski definition) is 1. The van der Waals surface area contributed by atoms with Crippen molar-refractivity contribution in [3.63, 3.8) is 0 Å². The Morgan fingerprint density at radius 1 is 1.28 bits per heavy atom. The summed E-state index contributed by atoms with van der Waals surface area (Å²) in [6.45, 7) is 4.09. The molecule has 0 aliphatic carbocycles. The third-order valence-electron chi connectivity index (χ3n) is 3.02. The van der Waals surface area contributed by atoms with Gasteiger partial charge in [0.1, 0.15) is 5.69 Å². The van der Waals surface area contributed by atoms with E-state index >= 15 is 0 Å². The van der Waals surface area contributed by atoms with E-state index in [1.165, 1.54) is 0 Å². The highest BCUT2D eigenvalue weighted by Crippen LogP contribution is 2.32. The quantitative estimate of drug-likeness (QED) is 0.840. The molecular weight excluding hydrogens is 230 g/mol. The summed E-state index contributed by atoms with van der Waals surface area (Å²) < 4.78 is 10.6. The maximum absolute atomic E-state index is 5.32. The van der Waals surface area contributed by atoms with Crippen molar-refractivity contribution in [2.45, 2.75) is 26.0 Å². The van der Waals surface area contributed by atoms with Crippen LogP contribution in [0.25, 0.3) is 0 Å². The summed E-state index contributed by atoms with van der Waals surface area (Å²) in [5, 5.41) is 3.41. The van der Waals surface area contributed by atoms with Gasteiger partial charge in [-0.3, -0.25) is 0 Å². The molecule has 0 spiro atoms. The molecule has 0 radical (unpaired) electrons. The fraction of sp³-hybridized carbons (Fsp3) is 0.615. The first-order chi connectivity index (χ1) is 8.51. The first-order valence-electron chi connectivity index (χ1n) is 6.00. The van der Waals surface area contributed by atoms with Crippen LogP contribution in [0.15, 0.2) is 12.3 Å². The Morgan fingerprint density at radius 3 is 2.44 bits per heavy atom. The van der Waals surface area contributed by atoms with Crippen LogP contribution in [-0.2, 0) is 4.74 Å². The molecule has 0 aromatic carbocycles. The number of aromatic nitrogens is 1. The molecule has 2 unspecified atom stereocenters. The van der Waals surface area contributed by atoms with Gasteiger partial charge in [-0.2, -0.15) is 0 Å². The van der Waals surface area contributed by atoms with Gasteiger partial charge in [-0.1, -0.05) is 0 Å². The highest BCUT2D eigenvalue weighted by atomic mass is 16.5. The van der Waals surface area contributed by atoms with E-state index in [1.807, 2.05) is 32.0 Å². The van der Waals surface area contributed by atoms with E-state index < -0.39 is 0 Å². The molecule has 0 bridgehead atoms. The second-order valence-electron chi connectivity index (χ2n) is 4.48. The molecule has 1 aromatic rings. The number of ether oxygens (including phenoxy) is 2. The van der Waals surface area contributed by atoms with Gasteiger partial charge in [-0.05, 0) is 19.9 Å². The van der Waals surface area contributed by atoms with Crippen LogP contribution in [0.3, 0.4) is 0 Å². The van der Waals surface area contributed by atoms with Crippen LogP contribution in [0.1, 0.15) is 13.8 Å². The van der Waals surface area contributed by atoms with E-state index in [0.29, 0.717) is 5.88 Å². The minimum absolute atomic E-state index is 0.102. The third kappa shape index (κ3) is 3.26. The van der Waals surface area contributed by atoms with Crippen LogP contribution in [0.2, 0.25) is 0 Å². The summed E-state index contributed by atoms with van der Waals surface area (Å²) in [5.74, 6) is 0.594. The van der Waals surface area contributed by atoms with Gasteiger partial charge in [0.05, 0.1) is 18.9 Å². The monoisotopic (exact) mass is 253 g/mol. The van der Waals surface area contributed by atoms with Gasteiger partial charge in [0.15, 0.2) is 0 Å². The SMILES string of the molecule is COc1nccc(N(C)C)c1NC(C)C(C)OC. The van der Waals surface area contributed by atoms with Crippen LogP contribution in [-0.4, -0.2) is 45.4 Å². The van der Waals surface area contributed by atoms with Crippen molar-refractivity contribution < 1.29 is 9.47 Å². The van der Waals surface area contributed by atoms with Gasteiger partial charge in [0.2, 0.25) is 5.88 Å². The van der Waals surface area contributed by atoms with E-state index in [0.717, 1.165) is 11.4 Å². The highest BCUT2D eigenvalue weighted by molar-refractivity contribution is 5.74. The molecular formula is C13H23N3O2. The first-order valence-corrected chi connectivity index (χ1v) is 6.00. The van der Waals surface area contributed by atoms with Crippen molar-refractivity contribution >= 4 is 11.4 Å². The van der Waals surface area contributed by atoms with Gasteiger partial charge in [-0.25, -0.2) is 4.98 Å². The molecule has 102 valence electrons. The highest BCUT2D eigenvalue weighted by Gasteiger charge is 2.17. The molecule has 0 aliphatic rings. The third-order valence-corrected chi connectivity index (χ3v) is 3.02. The van der Waals surface area contributed by atoms with E-state index in [-0.39, 0.29) is 12.1 Å². The molecule has 0 saturated carbocycles. The molecule has 0 aliphatic heterocycles. The Labute approximate surface area is 109 Å². The van der Waals surface area contributed by atoms with Crippen LogP contribution in [0.4, 0.5) is 11.4 Å². The maximum Gasteiger partial charge on any atom is 0.239 e. The number of pyridine rings is 1. The van der Waals surface area contributed by atoms with Crippen molar-refractivity contribution in [3.8, 4) is 5.88 Å². The number of anilines is 2. The minimum Gasteiger partial charge on any atom is -0.479 e. The molecule has 1 rings (SSSR count). The van der Waals surface area contributed by atoms with Gasteiger partial charge < -0.3 is 19.7 Å². The summed E-state index contributed by atoms with van der Waals surface area (Å²) in [6.07, 6.45) is 1.84. The maximum atomic E-state index is 5.32. The van der Waals surface area contributed by atoms with Gasteiger partial charge in [0, 0.05) is 33.4 Å². The van der Waals surface area contributed by atoms with Gasteiger partial charge in [0.25, 0.3) is 0 Å².